The third-order valence-corrected chi connectivity index (χ3v) is 4.97. The van der Waals surface area contributed by atoms with Crippen molar-refractivity contribution >= 4 is 28.5 Å². The number of alkyl halides is 1. The van der Waals surface area contributed by atoms with Crippen LogP contribution in [0.4, 0.5) is 10.2 Å². The summed E-state index contributed by atoms with van der Waals surface area (Å²) in [5, 5.41) is 20.3. The molecular weight excluding hydrogens is 315 g/mol. The average molecular weight is 329 g/mol. The first-order valence-corrected chi connectivity index (χ1v) is 7.16. The van der Waals surface area contributed by atoms with Crippen LogP contribution < -0.4 is 5.73 Å². The van der Waals surface area contributed by atoms with Crippen LogP contribution in [0.15, 0.2) is 12.5 Å². The van der Waals surface area contributed by atoms with Gasteiger partial charge in [-0.15, -0.1) is 11.6 Å². The molecule has 1 aliphatic carbocycles. The van der Waals surface area contributed by atoms with Crippen LogP contribution in [0, 0.1) is 5.82 Å². The average Bonchev–Trinajstić information content (AvgIpc) is 2.91. The molecule has 2 aromatic heterocycles. The Morgan fingerprint density at radius 1 is 1.50 bits per heavy atom. The zero-order valence-electron chi connectivity index (χ0n) is 11.6. The molecule has 0 radical (unpaired) electrons. The van der Waals surface area contributed by atoms with Crippen molar-refractivity contribution in [3.63, 3.8) is 0 Å². The highest BCUT2D eigenvalue weighted by molar-refractivity contribution is 6.24. The SMILES string of the molecule is C[C@@]1(Cl)[C@H](O)C2(C[C@H]2O)O[C@H]1n1cc(F)c2c(N)ncnc21. The first kappa shape index (κ1) is 14.1. The highest BCUT2D eigenvalue weighted by atomic mass is 35.5. The predicted molar refractivity (Wildman–Crippen MR) is 75.6 cm³/mol. The van der Waals surface area contributed by atoms with E-state index in [0.29, 0.717) is 0 Å². The fourth-order valence-electron chi connectivity index (χ4n) is 3.23. The fourth-order valence-corrected chi connectivity index (χ4v) is 3.57. The number of ether oxygens (including phenoxy) is 1. The number of rotatable bonds is 1. The molecule has 0 amide bonds. The lowest BCUT2D eigenvalue weighted by molar-refractivity contribution is -0.0587. The zero-order chi connectivity index (χ0) is 15.9. The van der Waals surface area contributed by atoms with Gasteiger partial charge in [0.2, 0.25) is 0 Å². The van der Waals surface area contributed by atoms with Crippen LogP contribution in [0.25, 0.3) is 11.0 Å². The molecule has 5 atom stereocenters. The molecule has 1 saturated carbocycles. The Morgan fingerprint density at radius 2 is 2.18 bits per heavy atom. The molecule has 1 aliphatic heterocycles. The lowest BCUT2D eigenvalue weighted by Gasteiger charge is -2.26. The quantitative estimate of drug-likeness (QED) is 0.660. The van der Waals surface area contributed by atoms with E-state index < -0.39 is 34.7 Å². The molecule has 3 heterocycles. The van der Waals surface area contributed by atoms with Gasteiger partial charge in [-0.25, -0.2) is 14.4 Å². The largest absolute Gasteiger partial charge is 0.390 e. The summed E-state index contributed by atoms with van der Waals surface area (Å²) in [6.45, 7) is 1.58. The summed E-state index contributed by atoms with van der Waals surface area (Å²) < 4.78 is 21.4. The number of aliphatic hydroxyl groups is 2. The second-order valence-electron chi connectivity index (χ2n) is 6.04. The highest BCUT2D eigenvalue weighted by Gasteiger charge is 2.72. The third-order valence-electron chi connectivity index (χ3n) is 4.57. The molecule has 1 saturated heterocycles. The van der Waals surface area contributed by atoms with Gasteiger partial charge in [0, 0.05) is 12.6 Å². The van der Waals surface area contributed by atoms with E-state index in [1.54, 1.807) is 6.92 Å². The lowest BCUT2D eigenvalue weighted by Crippen LogP contribution is -2.40. The maximum absolute atomic E-state index is 14.2. The molecule has 2 aliphatic rings. The molecule has 22 heavy (non-hydrogen) atoms. The van der Waals surface area contributed by atoms with E-state index in [1.165, 1.54) is 17.1 Å². The van der Waals surface area contributed by atoms with Crippen molar-refractivity contribution < 1.29 is 19.3 Å². The maximum Gasteiger partial charge on any atom is 0.157 e. The van der Waals surface area contributed by atoms with Crippen molar-refractivity contribution in [2.75, 3.05) is 5.73 Å². The van der Waals surface area contributed by atoms with E-state index in [1.807, 2.05) is 0 Å². The van der Waals surface area contributed by atoms with Gasteiger partial charge in [0.05, 0.1) is 11.5 Å². The van der Waals surface area contributed by atoms with E-state index >= 15 is 0 Å². The van der Waals surface area contributed by atoms with Gasteiger partial charge < -0.3 is 25.3 Å². The fraction of sp³-hybridized carbons (Fsp3) is 0.538. The first-order chi connectivity index (χ1) is 10.3. The minimum absolute atomic E-state index is 0.0113. The van der Waals surface area contributed by atoms with Crippen molar-refractivity contribution in [3.05, 3.63) is 18.3 Å². The minimum atomic E-state index is -1.25. The second-order valence-corrected chi connectivity index (χ2v) is 6.86. The molecule has 0 aromatic carbocycles. The monoisotopic (exact) mass is 328 g/mol. The number of aliphatic hydroxyl groups excluding tert-OH is 2. The summed E-state index contributed by atoms with van der Waals surface area (Å²) in [5.41, 5.74) is 4.80. The summed E-state index contributed by atoms with van der Waals surface area (Å²) in [6.07, 6.45) is -0.125. The summed E-state index contributed by atoms with van der Waals surface area (Å²) in [7, 11) is 0. The van der Waals surface area contributed by atoms with Crippen molar-refractivity contribution in [1.29, 1.82) is 0 Å². The predicted octanol–water partition coefficient (Wildman–Crippen LogP) is 0.543. The van der Waals surface area contributed by atoms with Crippen LogP contribution in [0.1, 0.15) is 19.6 Å². The highest BCUT2D eigenvalue weighted by Crippen LogP contribution is 2.59. The second kappa shape index (κ2) is 4.08. The topological polar surface area (TPSA) is 106 Å². The molecule has 1 unspecified atom stereocenters. The van der Waals surface area contributed by atoms with Crippen LogP contribution in [-0.4, -0.2) is 47.4 Å². The number of nitrogen functional groups attached to an aromatic ring is 1. The van der Waals surface area contributed by atoms with E-state index in [0.717, 1.165) is 0 Å². The van der Waals surface area contributed by atoms with Crippen molar-refractivity contribution in [2.24, 2.45) is 0 Å². The molecule has 4 N–H and O–H groups in total. The van der Waals surface area contributed by atoms with Gasteiger partial charge in [0.25, 0.3) is 0 Å². The van der Waals surface area contributed by atoms with E-state index in [4.69, 9.17) is 22.1 Å². The molecule has 2 aromatic rings. The number of hydrogen-bond donors (Lipinski definition) is 3. The number of fused-ring (bicyclic) bond motifs is 1. The van der Waals surface area contributed by atoms with Gasteiger partial charge >= 0.3 is 0 Å². The first-order valence-electron chi connectivity index (χ1n) is 6.78. The Hall–Kier alpha value is -1.48. The number of hydrogen-bond acceptors (Lipinski definition) is 6. The maximum atomic E-state index is 14.2. The summed E-state index contributed by atoms with van der Waals surface area (Å²) in [5.74, 6) is -0.590. The molecule has 4 rings (SSSR count). The van der Waals surface area contributed by atoms with Crippen LogP contribution in [0.5, 0.6) is 0 Å². The van der Waals surface area contributed by atoms with Crippen LogP contribution >= 0.6 is 11.6 Å². The Kier molecular flexibility index (Phi) is 2.62. The molecular formula is C13H14ClFN4O3. The standard InChI is InChI=1S/C13H14ClFN4O3/c1-12(14)10(21)13(2-6(13)20)22-11(12)19-3-5(15)7-8(16)17-4-18-9(7)19/h3-4,6,10-11,20-21H,2H2,1H3,(H2,16,17,18)/t6-,10+,11-,12-,13?/m1/s1. The van der Waals surface area contributed by atoms with E-state index in [-0.39, 0.29) is 23.3 Å². The third kappa shape index (κ3) is 1.55. The number of nitrogens with zero attached hydrogens (tertiary/aromatic N) is 3. The smallest absolute Gasteiger partial charge is 0.157 e. The molecule has 9 heteroatoms. The normalized spacial score (nSPS) is 40.7. The number of aromatic nitrogens is 3. The Balaban J connectivity index is 1.88. The number of halogens is 2. The summed E-state index contributed by atoms with van der Waals surface area (Å²) in [4.78, 5) is 6.54. The van der Waals surface area contributed by atoms with Gasteiger partial charge in [-0.2, -0.15) is 0 Å². The number of nitrogens with two attached hydrogens (primary N) is 1. The van der Waals surface area contributed by atoms with Gasteiger partial charge in [-0.05, 0) is 6.92 Å². The Morgan fingerprint density at radius 3 is 2.77 bits per heavy atom. The lowest BCUT2D eigenvalue weighted by atomic mass is 9.99. The molecule has 1 spiro atoms. The molecule has 0 bridgehead atoms. The van der Waals surface area contributed by atoms with Crippen LogP contribution in [0.3, 0.4) is 0 Å². The van der Waals surface area contributed by atoms with Crippen molar-refractivity contribution in [3.8, 4) is 0 Å². The molecule has 118 valence electrons. The van der Waals surface area contributed by atoms with Gasteiger partial charge in [-0.3, -0.25) is 0 Å². The van der Waals surface area contributed by atoms with Crippen molar-refractivity contribution in [1.82, 2.24) is 14.5 Å². The summed E-state index contributed by atoms with van der Waals surface area (Å²) in [6, 6.07) is 0. The van der Waals surface area contributed by atoms with Gasteiger partial charge in [0.1, 0.15) is 28.7 Å². The minimum Gasteiger partial charge on any atom is -0.390 e. The Labute approximate surface area is 129 Å². The van der Waals surface area contributed by atoms with Gasteiger partial charge in [0.15, 0.2) is 17.7 Å². The zero-order valence-corrected chi connectivity index (χ0v) is 12.3. The van der Waals surface area contributed by atoms with Gasteiger partial charge in [-0.1, -0.05) is 0 Å². The van der Waals surface area contributed by atoms with E-state index in [9.17, 15) is 14.6 Å². The molecule has 7 nitrogen and oxygen atoms in total. The van der Waals surface area contributed by atoms with Crippen LogP contribution in [-0.2, 0) is 4.74 Å². The van der Waals surface area contributed by atoms with Crippen molar-refractivity contribution in [2.45, 2.75) is 42.3 Å². The Bertz CT molecular complexity index is 782. The summed E-state index contributed by atoms with van der Waals surface area (Å²) >= 11 is 6.45. The van der Waals surface area contributed by atoms with Crippen LogP contribution in [0.2, 0.25) is 0 Å². The molecule has 2 fully saturated rings. The van der Waals surface area contributed by atoms with E-state index in [2.05, 4.69) is 9.97 Å². The number of anilines is 1.